The van der Waals surface area contributed by atoms with Crippen LogP contribution in [-0.2, 0) is 6.42 Å². The Kier molecular flexibility index (Phi) is 35.0. The summed E-state index contributed by atoms with van der Waals surface area (Å²) >= 11 is 8.90. The third kappa shape index (κ3) is 28.1. The van der Waals surface area contributed by atoms with Crippen molar-refractivity contribution in [3.8, 4) is 59.0 Å². The number of carbonyl (C=O) groups excluding carboxylic acids is 2. The predicted molar refractivity (Wildman–Crippen MR) is 361 cm³/mol. The summed E-state index contributed by atoms with van der Waals surface area (Å²) in [5.74, 6) is 20.7. The lowest BCUT2D eigenvalue weighted by Crippen LogP contribution is -2.30. The summed E-state index contributed by atoms with van der Waals surface area (Å²) < 4.78 is 24.7. The number of nitrogens with one attached hydrogen (secondary N) is 1. The van der Waals surface area contributed by atoms with Gasteiger partial charge in [-0.1, -0.05) is 159 Å². The van der Waals surface area contributed by atoms with E-state index in [2.05, 4.69) is 74.6 Å². The van der Waals surface area contributed by atoms with E-state index in [0.29, 0.717) is 42.9 Å². The zero-order valence-corrected chi connectivity index (χ0v) is 54.4. The minimum Gasteiger partial charge on any atom is -0.493 e. The van der Waals surface area contributed by atoms with E-state index in [1.165, 1.54) is 139 Å². The number of fused-ring (bicyclic) bond motifs is 1. The van der Waals surface area contributed by atoms with Crippen LogP contribution in [0.2, 0.25) is 0 Å². The summed E-state index contributed by atoms with van der Waals surface area (Å²) in [7, 11) is 0. The number of imide groups is 1. The minimum absolute atomic E-state index is 0.108. The monoisotopic (exact) mass is 1280 g/mol. The van der Waals surface area contributed by atoms with Gasteiger partial charge in [-0.2, -0.15) is 0 Å². The SMILES string of the molecule is Brc1cccc(OCC2CCCCC2)c1.C#CCCO.ClNCCCCc1cccc(OCC2CCCCC2)c1.O=C1c2ccccc2C(=O)N1CCC#Cc1cccc(OCC2CCCCC2)c1.OCCC#Cc1cccc(OCC2CCCCC2)c1. The molecular weight excluding hydrogens is 1180 g/mol. The molecular formula is C76H96BrClN2O8. The number of carbonyl (C=O) groups is 2. The van der Waals surface area contributed by atoms with Crippen LogP contribution in [0.15, 0.2) is 126 Å². The molecule has 5 aromatic carbocycles. The van der Waals surface area contributed by atoms with E-state index < -0.39 is 0 Å². The highest BCUT2D eigenvalue weighted by molar-refractivity contribution is 9.10. The summed E-state index contributed by atoms with van der Waals surface area (Å²) in [5.41, 5.74) is 4.16. The van der Waals surface area contributed by atoms with Crippen molar-refractivity contribution in [3.63, 3.8) is 0 Å². The first kappa shape index (κ1) is 70.9. The molecule has 0 radical (unpaired) electrons. The average Bonchev–Trinajstić information content (AvgIpc) is 3.29. The van der Waals surface area contributed by atoms with Gasteiger partial charge in [0.25, 0.3) is 11.8 Å². The normalized spacial score (nSPS) is 15.8. The Bertz CT molecular complexity index is 2920. The molecule has 3 N–H and O–H groups in total. The van der Waals surface area contributed by atoms with Crippen molar-refractivity contribution in [3.05, 3.63) is 154 Å². The zero-order chi connectivity index (χ0) is 62.1. The number of terminal acetylenes is 1. The fourth-order valence-electron chi connectivity index (χ4n) is 11.5. The molecule has 0 saturated heterocycles. The molecule has 0 bridgehead atoms. The molecule has 12 heteroatoms. The lowest BCUT2D eigenvalue weighted by atomic mass is 9.90. The van der Waals surface area contributed by atoms with Gasteiger partial charge in [0, 0.05) is 48.0 Å². The molecule has 5 aromatic rings. The second-order valence-corrected chi connectivity index (χ2v) is 24.8. The average molecular weight is 1280 g/mol. The van der Waals surface area contributed by atoms with Gasteiger partial charge in [0.05, 0.1) is 50.8 Å². The Hall–Kier alpha value is -6.23. The Morgan fingerprint density at radius 2 is 0.909 bits per heavy atom. The van der Waals surface area contributed by atoms with Crippen molar-refractivity contribution in [2.24, 2.45) is 23.7 Å². The molecule has 472 valence electrons. The minimum atomic E-state index is -0.231. The number of halogens is 2. The molecule has 1 heterocycles. The van der Waals surface area contributed by atoms with E-state index in [1.54, 1.807) is 24.3 Å². The predicted octanol–water partition coefficient (Wildman–Crippen LogP) is 17.2. The van der Waals surface area contributed by atoms with E-state index in [0.717, 1.165) is 109 Å². The van der Waals surface area contributed by atoms with Crippen LogP contribution in [0.25, 0.3) is 0 Å². The van der Waals surface area contributed by atoms with Crippen LogP contribution in [0.4, 0.5) is 0 Å². The van der Waals surface area contributed by atoms with Gasteiger partial charge >= 0.3 is 0 Å². The number of amides is 2. The van der Waals surface area contributed by atoms with Gasteiger partial charge in [-0.15, -0.1) is 12.3 Å². The molecule has 0 aromatic heterocycles. The number of ether oxygens (including phenoxy) is 4. The van der Waals surface area contributed by atoms with Gasteiger partial charge in [0.15, 0.2) is 0 Å². The van der Waals surface area contributed by atoms with Crippen molar-refractivity contribution in [1.82, 2.24) is 9.74 Å². The molecule has 10 rings (SSSR count). The van der Waals surface area contributed by atoms with Crippen LogP contribution in [0.3, 0.4) is 0 Å². The number of rotatable bonds is 21. The Balaban J connectivity index is 0.000000187. The van der Waals surface area contributed by atoms with Crippen molar-refractivity contribution >= 4 is 39.5 Å². The Labute approximate surface area is 540 Å². The lowest BCUT2D eigenvalue weighted by molar-refractivity contribution is 0.0657. The molecule has 0 spiro atoms. The Morgan fingerprint density at radius 1 is 0.500 bits per heavy atom. The summed E-state index contributed by atoms with van der Waals surface area (Å²) in [5, 5.41) is 16.6. The summed E-state index contributed by atoms with van der Waals surface area (Å²) in [6.07, 6.45) is 36.4. The van der Waals surface area contributed by atoms with Gasteiger partial charge in [-0.3, -0.25) is 14.5 Å². The zero-order valence-electron chi connectivity index (χ0n) is 52.0. The highest BCUT2D eigenvalue weighted by atomic mass is 79.9. The molecule has 4 saturated carbocycles. The number of benzene rings is 5. The summed E-state index contributed by atoms with van der Waals surface area (Å²) in [4.78, 5) is 28.7. The van der Waals surface area contributed by atoms with E-state index in [4.69, 9.17) is 47.4 Å². The number of aliphatic hydroxyl groups excluding tert-OH is 2. The van der Waals surface area contributed by atoms with E-state index >= 15 is 0 Å². The quantitative estimate of drug-likeness (QED) is 0.0285. The number of hydrogen-bond acceptors (Lipinski definition) is 9. The van der Waals surface area contributed by atoms with Crippen LogP contribution in [0.1, 0.15) is 198 Å². The number of unbranched alkanes of at least 4 members (excludes halogenated alkanes) is 1. The fraction of sp³-hybridized carbons (Fsp3) is 0.500. The van der Waals surface area contributed by atoms with Crippen LogP contribution < -0.4 is 23.8 Å². The van der Waals surface area contributed by atoms with E-state index in [-0.39, 0.29) is 25.0 Å². The standard InChI is InChI=1S/C25H25NO3.C17H26ClNO.C17H22O2.C13H17BrO.C4H6O/c27-24-22-14-4-5-15-23(22)25(28)26(24)16-7-6-9-19-12-8-13-21(17-19)29-18-20-10-2-1-3-11-20;18-19-12-5-4-7-15-10-6-11-17(13-15)20-14-16-8-2-1-3-9-16;18-12-5-4-7-15-10-6-11-17(13-15)19-14-16-8-2-1-3-9-16;14-12-7-4-8-13(9-12)15-10-11-5-2-1-3-6-11;1-2-3-4-5/h4-5,8,12-15,17,20H,1-3,7,10-11,16,18H2;6,10-11,13,16,19H,1-5,7-9,12,14H2;6,10-11,13,16,18H,1-3,5,8-9,12,14H2;4,7-9,11H,1-3,5-6,10H2;1,5H,3-4H2. The third-order valence-electron chi connectivity index (χ3n) is 16.5. The van der Waals surface area contributed by atoms with Crippen LogP contribution in [-0.4, -0.2) is 79.7 Å². The first-order chi connectivity index (χ1) is 43.2. The summed E-state index contributed by atoms with van der Waals surface area (Å²) in [6.45, 7) is 4.78. The Morgan fingerprint density at radius 3 is 1.32 bits per heavy atom. The summed E-state index contributed by atoms with van der Waals surface area (Å²) in [6, 6.07) is 39.3. The maximum atomic E-state index is 12.4. The third-order valence-corrected chi connectivity index (χ3v) is 17.2. The molecule has 0 unspecified atom stereocenters. The van der Waals surface area contributed by atoms with Crippen molar-refractivity contribution in [2.75, 3.05) is 52.7 Å². The molecule has 2 amide bonds. The fourth-order valence-corrected chi connectivity index (χ4v) is 12.0. The highest BCUT2D eigenvalue weighted by Crippen LogP contribution is 2.29. The van der Waals surface area contributed by atoms with Gasteiger partial charge < -0.3 is 29.2 Å². The maximum Gasteiger partial charge on any atom is 0.261 e. The van der Waals surface area contributed by atoms with Crippen LogP contribution in [0, 0.1) is 59.7 Å². The molecule has 1 aliphatic heterocycles. The van der Waals surface area contributed by atoms with E-state index in [1.807, 2.05) is 72.8 Å². The van der Waals surface area contributed by atoms with Gasteiger partial charge in [-0.05, 0) is 191 Å². The molecule has 88 heavy (non-hydrogen) atoms. The van der Waals surface area contributed by atoms with Crippen LogP contribution in [0.5, 0.6) is 23.0 Å². The first-order valence-electron chi connectivity index (χ1n) is 32.7. The van der Waals surface area contributed by atoms with Crippen molar-refractivity contribution < 1.29 is 38.7 Å². The highest BCUT2D eigenvalue weighted by Gasteiger charge is 2.34. The van der Waals surface area contributed by atoms with Crippen LogP contribution >= 0.6 is 27.7 Å². The second-order valence-electron chi connectivity index (χ2n) is 23.6. The number of nitrogens with zero attached hydrogens (tertiary/aromatic N) is 1. The van der Waals surface area contributed by atoms with Gasteiger partial charge in [0.1, 0.15) is 23.0 Å². The molecule has 0 atom stereocenters. The molecule has 10 nitrogen and oxygen atoms in total. The van der Waals surface area contributed by atoms with Gasteiger partial charge in [0.2, 0.25) is 0 Å². The van der Waals surface area contributed by atoms with Crippen molar-refractivity contribution in [1.29, 1.82) is 0 Å². The largest absolute Gasteiger partial charge is 0.493 e. The number of hydrogen-bond donors (Lipinski definition) is 3. The number of aliphatic hydroxyl groups is 2. The van der Waals surface area contributed by atoms with Crippen molar-refractivity contribution in [2.45, 2.75) is 167 Å². The lowest BCUT2D eigenvalue weighted by Gasteiger charge is -2.21. The molecule has 4 aliphatic carbocycles. The second kappa shape index (κ2) is 43.4. The van der Waals surface area contributed by atoms with Gasteiger partial charge in [-0.25, -0.2) is 4.84 Å². The number of aryl methyl sites for hydroxylation is 1. The molecule has 4 fully saturated rings. The maximum absolute atomic E-state index is 12.4. The first-order valence-corrected chi connectivity index (χ1v) is 33.9. The van der Waals surface area contributed by atoms with E-state index in [9.17, 15) is 9.59 Å². The molecule has 5 aliphatic rings. The topological polar surface area (TPSA) is 127 Å². The smallest absolute Gasteiger partial charge is 0.261 e.